The molecule has 4 aromatic rings. The molecule has 0 fully saturated rings. The van der Waals surface area contributed by atoms with Gasteiger partial charge in [0.25, 0.3) is 0 Å². The van der Waals surface area contributed by atoms with E-state index in [9.17, 15) is 4.79 Å². The molecule has 0 aliphatic carbocycles. The van der Waals surface area contributed by atoms with Crippen LogP contribution < -0.4 is 10.2 Å². The molecule has 0 bridgehead atoms. The quantitative estimate of drug-likeness (QED) is 0.397. The molecule has 32 heavy (non-hydrogen) atoms. The fraction of sp³-hybridized carbons (Fsp3) is 0.269. The van der Waals surface area contributed by atoms with Crippen molar-refractivity contribution in [2.24, 2.45) is 0 Å². The van der Waals surface area contributed by atoms with Gasteiger partial charge in [-0.05, 0) is 43.2 Å². The number of rotatable bonds is 9. The van der Waals surface area contributed by atoms with E-state index >= 15 is 0 Å². The number of nitrogens with zero attached hydrogens (tertiary/aromatic N) is 3. The summed E-state index contributed by atoms with van der Waals surface area (Å²) in [4.78, 5) is 24.3. The van der Waals surface area contributed by atoms with Crippen LogP contribution >= 0.6 is 0 Å². The second-order valence-electron chi connectivity index (χ2n) is 7.90. The zero-order valence-electron chi connectivity index (χ0n) is 18.5. The number of aromatic nitrogens is 2. The van der Waals surface area contributed by atoms with Crippen LogP contribution in [-0.2, 0) is 11.3 Å². The Bertz CT molecular complexity index is 1160. The molecule has 2 aromatic carbocycles. The minimum Gasteiger partial charge on any atom is -0.461 e. The van der Waals surface area contributed by atoms with E-state index in [-0.39, 0.29) is 11.9 Å². The third-order valence-corrected chi connectivity index (χ3v) is 5.47. The maximum absolute atomic E-state index is 12.5. The van der Waals surface area contributed by atoms with Crippen molar-refractivity contribution < 1.29 is 9.21 Å². The number of anilines is 1. The van der Waals surface area contributed by atoms with Crippen LogP contribution in [0.2, 0.25) is 0 Å². The first-order valence-electron chi connectivity index (χ1n) is 11.0. The number of carbonyl (C=O) groups is 1. The molecule has 2 aromatic heterocycles. The Labute approximate surface area is 188 Å². The maximum Gasteiger partial charge on any atom is 0.221 e. The van der Waals surface area contributed by atoms with E-state index in [1.165, 1.54) is 0 Å². The first kappa shape index (κ1) is 21.6. The van der Waals surface area contributed by atoms with Crippen LogP contribution in [0.3, 0.4) is 0 Å². The Hall–Kier alpha value is -3.67. The number of amides is 1. The van der Waals surface area contributed by atoms with E-state index in [0.29, 0.717) is 31.1 Å². The number of hydrogen-bond donors (Lipinski definition) is 1. The zero-order valence-corrected chi connectivity index (χ0v) is 18.5. The van der Waals surface area contributed by atoms with Crippen molar-refractivity contribution in [1.29, 1.82) is 0 Å². The number of nitrogens with one attached hydrogen (secondary N) is 1. The molecule has 1 N–H and O–H groups in total. The predicted octanol–water partition coefficient (Wildman–Crippen LogP) is 5.20. The lowest BCUT2D eigenvalue weighted by atomic mass is 10.1. The van der Waals surface area contributed by atoms with Gasteiger partial charge in [0.2, 0.25) is 5.91 Å². The first-order valence-corrected chi connectivity index (χ1v) is 11.0. The molecule has 164 valence electrons. The second kappa shape index (κ2) is 10.1. The van der Waals surface area contributed by atoms with Gasteiger partial charge in [-0.1, -0.05) is 49.4 Å². The third kappa shape index (κ3) is 5.14. The summed E-state index contributed by atoms with van der Waals surface area (Å²) in [6.07, 6.45) is 2.91. The number of carbonyl (C=O) groups excluding carboxylic acids is 1. The third-order valence-electron chi connectivity index (χ3n) is 5.47. The summed E-state index contributed by atoms with van der Waals surface area (Å²) in [6.45, 7) is 5.26. The van der Waals surface area contributed by atoms with Crippen LogP contribution in [0, 0.1) is 0 Å². The largest absolute Gasteiger partial charge is 0.461 e. The molecule has 1 amide bonds. The van der Waals surface area contributed by atoms with Crippen LogP contribution in [0.15, 0.2) is 77.4 Å². The summed E-state index contributed by atoms with van der Waals surface area (Å²) >= 11 is 0. The van der Waals surface area contributed by atoms with Gasteiger partial charge in [-0.2, -0.15) is 0 Å². The second-order valence-corrected chi connectivity index (χ2v) is 7.90. The van der Waals surface area contributed by atoms with Crippen molar-refractivity contribution >= 4 is 22.6 Å². The van der Waals surface area contributed by atoms with Crippen molar-refractivity contribution in [1.82, 2.24) is 15.3 Å². The Morgan fingerprint density at radius 3 is 2.56 bits per heavy atom. The van der Waals surface area contributed by atoms with E-state index in [1.807, 2.05) is 61.5 Å². The minimum atomic E-state index is 0.0435. The van der Waals surface area contributed by atoms with Crippen molar-refractivity contribution in [2.75, 3.05) is 11.4 Å². The molecule has 0 unspecified atom stereocenters. The Morgan fingerprint density at radius 2 is 1.81 bits per heavy atom. The van der Waals surface area contributed by atoms with Gasteiger partial charge in [0.1, 0.15) is 5.82 Å². The number of benzene rings is 2. The lowest BCUT2D eigenvalue weighted by molar-refractivity contribution is -0.121. The Morgan fingerprint density at radius 1 is 1.03 bits per heavy atom. The van der Waals surface area contributed by atoms with Crippen molar-refractivity contribution in [3.05, 3.63) is 78.6 Å². The lowest BCUT2D eigenvalue weighted by Crippen LogP contribution is -2.35. The minimum absolute atomic E-state index is 0.0435. The van der Waals surface area contributed by atoms with Crippen molar-refractivity contribution in [3.63, 3.8) is 0 Å². The van der Waals surface area contributed by atoms with Gasteiger partial charge in [-0.3, -0.25) is 4.79 Å². The highest BCUT2D eigenvalue weighted by Crippen LogP contribution is 2.29. The van der Waals surface area contributed by atoms with Gasteiger partial charge in [-0.15, -0.1) is 0 Å². The van der Waals surface area contributed by atoms with Gasteiger partial charge >= 0.3 is 0 Å². The van der Waals surface area contributed by atoms with Gasteiger partial charge in [0, 0.05) is 30.9 Å². The summed E-state index contributed by atoms with van der Waals surface area (Å²) in [6, 6.07) is 22.0. The summed E-state index contributed by atoms with van der Waals surface area (Å²) in [5.41, 5.74) is 1.99. The molecule has 0 spiro atoms. The number of para-hydroxylation sites is 1. The van der Waals surface area contributed by atoms with E-state index in [2.05, 4.69) is 29.3 Å². The average molecular weight is 429 g/mol. The van der Waals surface area contributed by atoms with Crippen molar-refractivity contribution in [3.8, 4) is 11.6 Å². The van der Waals surface area contributed by atoms with Gasteiger partial charge < -0.3 is 14.6 Å². The summed E-state index contributed by atoms with van der Waals surface area (Å²) in [5, 5.41) is 4.00. The molecule has 0 aliphatic rings. The molecule has 2 heterocycles. The van der Waals surface area contributed by atoms with Gasteiger partial charge in [0.15, 0.2) is 11.6 Å². The molecule has 0 aliphatic heterocycles. The fourth-order valence-corrected chi connectivity index (χ4v) is 3.57. The lowest BCUT2D eigenvalue weighted by Gasteiger charge is -2.25. The van der Waals surface area contributed by atoms with Crippen molar-refractivity contribution in [2.45, 2.75) is 39.3 Å². The monoisotopic (exact) mass is 428 g/mol. The number of fused-ring (bicyclic) bond motifs is 1. The Balaban J connectivity index is 1.71. The van der Waals surface area contributed by atoms with Crippen LogP contribution in [0.25, 0.3) is 22.5 Å². The SMILES string of the molecule is CC[C@@H](C)NC(=O)CCN(Cc1ccccc1)c1nc(-c2ccco2)nc2ccccc12. The van der Waals surface area contributed by atoms with Gasteiger partial charge in [0.05, 0.1) is 11.8 Å². The van der Waals surface area contributed by atoms with Crippen LogP contribution in [0.1, 0.15) is 32.3 Å². The topological polar surface area (TPSA) is 71.3 Å². The van der Waals surface area contributed by atoms with Crippen LogP contribution in [0.4, 0.5) is 5.82 Å². The zero-order chi connectivity index (χ0) is 22.3. The molecule has 0 radical (unpaired) electrons. The smallest absolute Gasteiger partial charge is 0.221 e. The maximum atomic E-state index is 12.5. The number of furan rings is 1. The highest BCUT2D eigenvalue weighted by Gasteiger charge is 2.18. The molecule has 6 heteroatoms. The van der Waals surface area contributed by atoms with E-state index < -0.39 is 0 Å². The summed E-state index contributed by atoms with van der Waals surface area (Å²) in [7, 11) is 0. The molecule has 6 nitrogen and oxygen atoms in total. The van der Waals surface area contributed by atoms with Crippen LogP contribution in [0.5, 0.6) is 0 Å². The molecule has 1 atom stereocenters. The highest BCUT2D eigenvalue weighted by molar-refractivity contribution is 5.91. The van der Waals surface area contributed by atoms with Crippen LogP contribution in [-0.4, -0.2) is 28.5 Å². The van der Waals surface area contributed by atoms with E-state index in [1.54, 1.807) is 6.26 Å². The highest BCUT2D eigenvalue weighted by atomic mass is 16.3. The average Bonchev–Trinajstić information content (AvgIpc) is 3.37. The summed E-state index contributed by atoms with van der Waals surface area (Å²) in [5.74, 6) is 1.99. The number of hydrogen-bond acceptors (Lipinski definition) is 5. The summed E-state index contributed by atoms with van der Waals surface area (Å²) < 4.78 is 5.57. The molecule has 0 saturated carbocycles. The van der Waals surface area contributed by atoms with E-state index in [0.717, 1.165) is 28.7 Å². The molecule has 0 saturated heterocycles. The Kier molecular flexibility index (Phi) is 6.80. The fourth-order valence-electron chi connectivity index (χ4n) is 3.57. The van der Waals surface area contributed by atoms with Gasteiger partial charge in [-0.25, -0.2) is 9.97 Å². The molecular weight excluding hydrogens is 400 g/mol. The normalized spacial score (nSPS) is 11.9. The standard InChI is InChI=1S/C26H28N4O2/c1-3-19(2)27-24(31)15-16-30(18-20-10-5-4-6-11-20)26-21-12-7-8-13-22(21)28-25(29-26)23-14-9-17-32-23/h4-14,17,19H,3,15-16,18H2,1-2H3,(H,27,31)/t19-/m1/s1. The predicted molar refractivity (Wildman–Crippen MR) is 127 cm³/mol. The molecule has 4 rings (SSSR count). The first-order chi connectivity index (χ1) is 15.6. The van der Waals surface area contributed by atoms with E-state index in [4.69, 9.17) is 14.4 Å². The molecular formula is C26H28N4O2.